The van der Waals surface area contributed by atoms with Crippen LogP contribution >= 0.6 is 15.9 Å². The van der Waals surface area contributed by atoms with Crippen molar-refractivity contribution < 1.29 is 19.2 Å². The zero-order valence-corrected chi connectivity index (χ0v) is 15.5. The van der Waals surface area contributed by atoms with Crippen LogP contribution in [0.2, 0.25) is 0 Å². The number of amides is 1. The number of anilines is 2. The standard InChI is InChI=1S/C16H12BrN5O6/c17-8-4-11-12(21-16(25)20-11)5-10(8)19-14(23)6-28-15(24)7-1-2-9(18)13(3-7)22(26)27/h1-5H,6,18H2,(H,19,23)(H2,20,21,25). The molecule has 0 bridgehead atoms. The van der Waals surface area contributed by atoms with Gasteiger partial charge in [-0.25, -0.2) is 9.59 Å². The van der Waals surface area contributed by atoms with E-state index in [0.29, 0.717) is 21.2 Å². The number of aromatic amines is 2. The van der Waals surface area contributed by atoms with E-state index < -0.39 is 34.8 Å². The van der Waals surface area contributed by atoms with Gasteiger partial charge in [-0.3, -0.25) is 14.9 Å². The summed E-state index contributed by atoms with van der Waals surface area (Å²) in [6.45, 7) is -0.620. The zero-order valence-electron chi connectivity index (χ0n) is 13.9. The molecule has 144 valence electrons. The van der Waals surface area contributed by atoms with Gasteiger partial charge in [0.1, 0.15) is 5.69 Å². The molecule has 0 spiro atoms. The topological polar surface area (TPSA) is 173 Å². The van der Waals surface area contributed by atoms with E-state index >= 15 is 0 Å². The SMILES string of the molecule is Nc1ccc(C(=O)OCC(=O)Nc2cc3[nH]c(=O)[nH]c3cc2Br)cc1[N+](=O)[O-]. The summed E-state index contributed by atoms with van der Waals surface area (Å²) in [6.07, 6.45) is 0. The molecule has 0 saturated heterocycles. The number of fused-ring (bicyclic) bond motifs is 1. The van der Waals surface area contributed by atoms with Gasteiger partial charge in [-0.05, 0) is 40.2 Å². The minimum absolute atomic E-state index is 0.0951. The fraction of sp³-hybridized carbons (Fsp3) is 0.0625. The second-order valence-corrected chi connectivity index (χ2v) is 6.47. The highest BCUT2D eigenvalue weighted by Crippen LogP contribution is 2.26. The fourth-order valence-corrected chi connectivity index (χ4v) is 2.82. The van der Waals surface area contributed by atoms with E-state index in [0.717, 1.165) is 6.07 Å². The van der Waals surface area contributed by atoms with Crippen molar-refractivity contribution in [3.05, 3.63) is 61.0 Å². The number of nitro benzene ring substituents is 1. The third kappa shape index (κ3) is 4.01. The molecule has 11 nitrogen and oxygen atoms in total. The number of nitrogens with zero attached hydrogens (tertiary/aromatic N) is 1. The first-order valence-corrected chi connectivity index (χ1v) is 8.46. The van der Waals surface area contributed by atoms with Crippen LogP contribution in [-0.2, 0) is 9.53 Å². The van der Waals surface area contributed by atoms with Gasteiger partial charge < -0.3 is 25.8 Å². The number of nitrogens with one attached hydrogen (secondary N) is 3. The lowest BCUT2D eigenvalue weighted by Crippen LogP contribution is -2.21. The highest BCUT2D eigenvalue weighted by Gasteiger charge is 2.18. The molecule has 2 aromatic carbocycles. The molecule has 1 heterocycles. The first-order chi connectivity index (χ1) is 13.2. The van der Waals surface area contributed by atoms with Crippen molar-refractivity contribution in [2.24, 2.45) is 0 Å². The minimum atomic E-state index is -0.914. The van der Waals surface area contributed by atoms with E-state index in [1.165, 1.54) is 18.2 Å². The third-order valence-electron chi connectivity index (χ3n) is 3.67. The summed E-state index contributed by atoms with van der Waals surface area (Å²) in [5, 5.41) is 13.4. The van der Waals surface area contributed by atoms with Gasteiger partial charge in [-0.15, -0.1) is 0 Å². The Morgan fingerprint density at radius 1 is 1.21 bits per heavy atom. The highest BCUT2D eigenvalue weighted by molar-refractivity contribution is 9.10. The van der Waals surface area contributed by atoms with Crippen LogP contribution in [0.1, 0.15) is 10.4 Å². The summed E-state index contributed by atoms with van der Waals surface area (Å²) in [5.74, 6) is -1.56. The number of aromatic nitrogens is 2. The molecule has 5 N–H and O–H groups in total. The van der Waals surface area contributed by atoms with Crippen molar-refractivity contribution in [1.29, 1.82) is 0 Å². The van der Waals surface area contributed by atoms with Crippen molar-refractivity contribution in [2.75, 3.05) is 17.7 Å². The molecule has 0 radical (unpaired) electrons. The zero-order chi connectivity index (χ0) is 20.4. The lowest BCUT2D eigenvalue weighted by molar-refractivity contribution is -0.383. The third-order valence-corrected chi connectivity index (χ3v) is 4.33. The molecule has 0 aliphatic carbocycles. The number of nitrogens with two attached hydrogens (primary N) is 1. The smallest absolute Gasteiger partial charge is 0.338 e. The Balaban J connectivity index is 1.66. The van der Waals surface area contributed by atoms with Gasteiger partial charge in [-0.1, -0.05) is 0 Å². The molecule has 0 aliphatic rings. The summed E-state index contributed by atoms with van der Waals surface area (Å²) in [4.78, 5) is 50.7. The first-order valence-electron chi connectivity index (χ1n) is 7.67. The van der Waals surface area contributed by atoms with Gasteiger partial charge in [0, 0.05) is 10.5 Å². The number of benzene rings is 2. The second kappa shape index (κ2) is 7.52. The van der Waals surface area contributed by atoms with Crippen molar-refractivity contribution in [1.82, 2.24) is 9.97 Å². The van der Waals surface area contributed by atoms with Crippen LogP contribution in [0, 0.1) is 10.1 Å². The lowest BCUT2D eigenvalue weighted by Gasteiger charge is -2.09. The Morgan fingerprint density at radius 3 is 2.57 bits per heavy atom. The molecule has 0 fully saturated rings. The first kappa shape index (κ1) is 19.1. The quantitative estimate of drug-likeness (QED) is 0.199. The molecule has 12 heteroatoms. The fourth-order valence-electron chi connectivity index (χ4n) is 2.38. The molecular weight excluding hydrogens is 438 g/mol. The molecule has 3 aromatic rings. The monoisotopic (exact) mass is 449 g/mol. The van der Waals surface area contributed by atoms with Gasteiger partial charge in [0.05, 0.1) is 27.2 Å². The predicted octanol–water partition coefficient (Wildman–Crippen LogP) is 1.90. The molecule has 0 saturated carbocycles. The van der Waals surface area contributed by atoms with Gasteiger partial charge in [0.25, 0.3) is 11.6 Å². The van der Waals surface area contributed by atoms with E-state index in [2.05, 4.69) is 31.2 Å². The number of imidazole rings is 1. The maximum Gasteiger partial charge on any atom is 0.338 e. The summed E-state index contributed by atoms with van der Waals surface area (Å²) >= 11 is 3.27. The number of H-pyrrole nitrogens is 2. The molecular formula is C16H12BrN5O6. The number of carbonyl (C=O) groups is 2. The summed E-state index contributed by atoms with van der Waals surface area (Å²) in [6, 6.07) is 6.57. The maximum absolute atomic E-state index is 12.1. The Hall–Kier alpha value is -3.67. The number of ether oxygens (including phenoxy) is 1. The number of nitro groups is 1. The van der Waals surface area contributed by atoms with E-state index in [4.69, 9.17) is 10.5 Å². The second-order valence-electron chi connectivity index (χ2n) is 5.61. The number of halogens is 1. The summed E-state index contributed by atoms with van der Waals surface area (Å²) < 4.78 is 5.38. The van der Waals surface area contributed by atoms with E-state index in [-0.39, 0.29) is 11.3 Å². The van der Waals surface area contributed by atoms with Crippen LogP contribution in [0.3, 0.4) is 0 Å². The molecule has 28 heavy (non-hydrogen) atoms. The average molecular weight is 450 g/mol. The Bertz CT molecular complexity index is 1170. The number of nitrogen functional groups attached to an aromatic ring is 1. The summed E-state index contributed by atoms with van der Waals surface area (Å²) in [7, 11) is 0. The Kier molecular flexibility index (Phi) is 5.13. The number of hydrogen-bond acceptors (Lipinski definition) is 7. The number of esters is 1. The van der Waals surface area contributed by atoms with E-state index in [9.17, 15) is 24.5 Å². The van der Waals surface area contributed by atoms with Gasteiger partial charge in [0.15, 0.2) is 6.61 Å². The van der Waals surface area contributed by atoms with Crippen LogP contribution < -0.4 is 16.7 Å². The van der Waals surface area contributed by atoms with Crippen LogP contribution in [0.5, 0.6) is 0 Å². The van der Waals surface area contributed by atoms with Crippen molar-refractivity contribution in [3.8, 4) is 0 Å². The number of rotatable bonds is 5. The van der Waals surface area contributed by atoms with Crippen molar-refractivity contribution in [3.63, 3.8) is 0 Å². The number of carbonyl (C=O) groups excluding carboxylic acids is 2. The normalized spacial score (nSPS) is 10.6. The summed E-state index contributed by atoms with van der Waals surface area (Å²) in [5.41, 5.74) is 5.82. The molecule has 3 rings (SSSR count). The lowest BCUT2D eigenvalue weighted by atomic mass is 10.2. The minimum Gasteiger partial charge on any atom is -0.452 e. The molecule has 0 aliphatic heterocycles. The van der Waals surface area contributed by atoms with E-state index in [1.54, 1.807) is 6.07 Å². The Labute approximate surface area is 164 Å². The number of hydrogen-bond donors (Lipinski definition) is 4. The van der Waals surface area contributed by atoms with Crippen LogP contribution in [-0.4, -0.2) is 33.4 Å². The Morgan fingerprint density at radius 2 is 1.89 bits per heavy atom. The van der Waals surface area contributed by atoms with Crippen LogP contribution in [0.25, 0.3) is 11.0 Å². The van der Waals surface area contributed by atoms with Gasteiger partial charge >= 0.3 is 11.7 Å². The van der Waals surface area contributed by atoms with Crippen molar-refractivity contribution in [2.45, 2.75) is 0 Å². The van der Waals surface area contributed by atoms with Gasteiger partial charge in [0.2, 0.25) is 0 Å². The van der Waals surface area contributed by atoms with Crippen LogP contribution in [0.4, 0.5) is 17.1 Å². The maximum atomic E-state index is 12.1. The largest absolute Gasteiger partial charge is 0.452 e. The van der Waals surface area contributed by atoms with E-state index in [1.807, 2.05) is 0 Å². The molecule has 1 aromatic heterocycles. The average Bonchev–Trinajstić information content (AvgIpc) is 2.99. The highest BCUT2D eigenvalue weighted by atomic mass is 79.9. The molecule has 0 unspecified atom stereocenters. The predicted molar refractivity (Wildman–Crippen MR) is 103 cm³/mol. The molecule has 0 atom stereocenters. The van der Waals surface area contributed by atoms with Crippen molar-refractivity contribution >= 4 is 55.9 Å². The van der Waals surface area contributed by atoms with Crippen LogP contribution in [0.15, 0.2) is 39.6 Å². The molecule has 1 amide bonds. The van der Waals surface area contributed by atoms with Gasteiger partial charge in [-0.2, -0.15) is 0 Å².